The highest BCUT2D eigenvalue weighted by Crippen LogP contribution is 2.29. The highest BCUT2D eigenvalue weighted by molar-refractivity contribution is 5.78. The number of rotatable bonds is 8. The van der Waals surface area contributed by atoms with Crippen LogP contribution in [-0.2, 0) is 20.8 Å². The van der Waals surface area contributed by atoms with Crippen molar-refractivity contribution in [1.29, 1.82) is 0 Å². The molecule has 0 unspecified atom stereocenters. The minimum atomic E-state index is 0.0106. The molecule has 1 aromatic rings. The van der Waals surface area contributed by atoms with Gasteiger partial charge >= 0.3 is 0 Å². The standard InChI is InChI=1S/C20H33N3O4/c1-3-9-26-19-13-15(20(24)23(2)14-17-8-12-27-22-17)4-5-18(19)21-16-6-10-25-11-7-16/h8,12,15-16,18-19,21H,3-7,9-11,13-14H2,1-2H3/t15-,18+,19+/m0/s1. The Bertz CT molecular complexity index is 560. The molecule has 152 valence electrons. The number of ether oxygens (including phenoxy) is 2. The largest absolute Gasteiger partial charge is 0.381 e. The summed E-state index contributed by atoms with van der Waals surface area (Å²) in [7, 11) is 1.84. The highest BCUT2D eigenvalue weighted by Gasteiger charge is 2.36. The Labute approximate surface area is 161 Å². The molecule has 2 fully saturated rings. The first-order valence-corrected chi connectivity index (χ1v) is 10.3. The number of carbonyl (C=O) groups is 1. The lowest BCUT2D eigenvalue weighted by Crippen LogP contribution is -2.52. The minimum absolute atomic E-state index is 0.0106. The topological polar surface area (TPSA) is 76.8 Å². The molecule has 1 saturated heterocycles. The predicted molar refractivity (Wildman–Crippen MR) is 101 cm³/mol. The predicted octanol–water partition coefficient (Wildman–Crippen LogP) is 2.37. The molecule has 1 amide bonds. The molecule has 3 atom stereocenters. The summed E-state index contributed by atoms with van der Waals surface area (Å²) in [4.78, 5) is 14.7. The summed E-state index contributed by atoms with van der Waals surface area (Å²) in [6.07, 6.45) is 7.38. The molecular formula is C20H33N3O4. The average molecular weight is 380 g/mol. The zero-order chi connectivity index (χ0) is 19.1. The van der Waals surface area contributed by atoms with Crippen molar-refractivity contribution < 1.29 is 18.8 Å². The van der Waals surface area contributed by atoms with Gasteiger partial charge in [0.15, 0.2) is 0 Å². The molecule has 0 radical (unpaired) electrons. The van der Waals surface area contributed by atoms with Gasteiger partial charge in [-0.1, -0.05) is 12.1 Å². The van der Waals surface area contributed by atoms with Gasteiger partial charge in [-0.2, -0.15) is 0 Å². The molecule has 0 bridgehead atoms. The monoisotopic (exact) mass is 379 g/mol. The summed E-state index contributed by atoms with van der Waals surface area (Å²) in [6.45, 7) is 5.01. The Morgan fingerprint density at radius 3 is 2.85 bits per heavy atom. The van der Waals surface area contributed by atoms with Crippen LogP contribution in [0.1, 0.15) is 51.1 Å². The van der Waals surface area contributed by atoms with Gasteiger partial charge in [0.1, 0.15) is 12.0 Å². The molecule has 1 aromatic heterocycles. The van der Waals surface area contributed by atoms with Crippen LogP contribution in [0.25, 0.3) is 0 Å². The summed E-state index contributed by atoms with van der Waals surface area (Å²) < 4.78 is 16.5. The molecule has 1 saturated carbocycles. The van der Waals surface area contributed by atoms with Crippen LogP contribution in [0.4, 0.5) is 0 Å². The molecule has 7 nitrogen and oxygen atoms in total. The number of nitrogens with one attached hydrogen (secondary N) is 1. The maximum atomic E-state index is 12.9. The first kappa shape index (κ1) is 20.3. The van der Waals surface area contributed by atoms with Crippen molar-refractivity contribution in [2.75, 3.05) is 26.9 Å². The minimum Gasteiger partial charge on any atom is -0.381 e. The fourth-order valence-corrected chi connectivity index (χ4v) is 4.12. The fraction of sp³-hybridized carbons (Fsp3) is 0.800. The molecule has 27 heavy (non-hydrogen) atoms. The van der Waals surface area contributed by atoms with E-state index in [-0.39, 0.29) is 17.9 Å². The van der Waals surface area contributed by atoms with Crippen molar-refractivity contribution in [3.63, 3.8) is 0 Å². The van der Waals surface area contributed by atoms with Crippen LogP contribution < -0.4 is 5.32 Å². The van der Waals surface area contributed by atoms with Gasteiger partial charge in [0.25, 0.3) is 0 Å². The van der Waals surface area contributed by atoms with Gasteiger partial charge in [0.2, 0.25) is 5.91 Å². The summed E-state index contributed by atoms with van der Waals surface area (Å²) in [5.74, 6) is 0.184. The number of aromatic nitrogens is 1. The van der Waals surface area contributed by atoms with E-state index < -0.39 is 0 Å². The fourth-order valence-electron chi connectivity index (χ4n) is 4.12. The third-order valence-electron chi connectivity index (χ3n) is 5.61. The van der Waals surface area contributed by atoms with Crippen molar-refractivity contribution in [3.8, 4) is 0 Å². The quantitative estimate of drug-likeness (QED) is 0.747. The Kier molecular flexibility index (Phi) is 7.67. The van der Waals surface area contributed by atoms with E-state index in [1.54, 1.807) is 11.0 Å². The van der Waals surface area contributed by atoms with Crippen LogP contribution in [0.2, 0.25) is 0 Å². The number of carbonyl (C=O) groups excluding carboxylic acids is 1. The molecule has 2 aliphatic rings. The Balaban J connectivity index is 1.56. The van der Waals surface area contributed by atoms with Gasteiger partial charge in [-0.25, -0.2) is 0 Å². The first-order valence-electron chi connectivity index (χ1n) is 10.3. The SMILES string of the molecule is CCCO[C@@H]1C[C@@H](C(=O)N(C)Cc2ccon2)CC[C@H]1NC1CCOCC1. The second-order valence-electron chi connectivity index (χ2n) is 7.76. The van der Waals surface area contributed by atoms with Crippen molar-refractivity contribution in [2.45, 2.75) is 70.2 Å². The summed E-state index contributed by atoms with van der Waals surface area (Å²) in [5.41, 5.74) is 0.777. The first-order chi connectivity index (χ1) is 13.2. The maximum absolute atomic E-state index is 12.9. The molecule has 1 aliphatic carbocycles. The van der Waals surface area contributed by atoms with Crippen LogP contribution in [0.5, 0.6) is 0 Å². The summed E-state index contributed by atoms with van der Waals surface area (Å²) in [6, 6.07) is 2.62. The van der Waals surface area contributed by atoms with E-state index in [0.29, 0.717) is 18.6 Å². The Hall–Kier alpha value is -1.44. The van der Waals surface area contributed by atoms with E-state index in [9.17, 15) is 4.79 Å². The van der Waals surface area contributed by atoms with Crippen molar-refractivity contribution >= 4 is 5.91 Å². The van der Waals surface area contributed by atoms with Crippen molar-refractivity contribution in [2.24, 2.45) is 5.92 Å². The van der Waals surface area contributed by atoms with Crippen LogP contribution in [-0.4, -0.2) is 61.0 Å². The third-order valence-corrected chi connectivity index (χ3v) is 5.61. The van der Waals surface area contributed by atoms with Crippen LogP contribution >= 0.6 is 0 Å². The van der Waals surface area contributed by atoms with E-state index in [0.717, 1.165) is 64.0 Å². The summed E-state index contributed by atoms with van der Waals surface area (Å²) >= 11 is 0. The molecule has 0 aromatic carbocycles. The molecule has 3 rings (SSSR count). The Morgan fingerprint density at radius 1 is 1.33 bits per heavy atom. The zero-order valence-corrected chi connectivity index (χ0v) is 16.6. The van der Waals surface area contributed by atoms with Gasteiger partial charge in [-0.3, -0.25) is 4.79 Å². The van der Waals surface area contributed by atoms with Gasteiger partial charge in [-0.05, 0) is 38.5 Å². The molecule has 0 spiro atoms. The normalized spacial score (nSPS) is 26.8. The van der Waals surface area contributed by atoms with Crippen LogP contribution in [0.3, 0.4) is 0 Å². The average Bonchev–Trinajstić information content (AvgIpc) is 3.20. The van der Waals surface area contributed by atoms with Crippen molar-refractivity contribution in [3.05, 3.63) is 18.0 Å². The van der Waals surface area contributed by atoms with E-state index in [1.165, 1.54) is 6.26 Å². The lowest BCUT2D eigenvalue weighted by molar-refractivity contribution is -0.138. The van der Waals surface area contributed by atoms with Crippen LogP contribution in [0, 0.1) is 5.92 Å². The second kappa shape index (κ2) is 10.2. The van der Waals surface area contributed by atoms with Crippen molar-refractivity contribution in [1.82, 2.24) is 15.4 Å². The lowest BCUT2D eigenvalue weighted by Gasteiger charge is -2.39. The number of amides is 1. The Morgan fingerprint density at radius 2 is 2.15 bits per heavy atom. The molecule has 7 heteroatoms. The molecule has 1 aliphatic heterocycles. The zero-order valence-electron chi connectivity index (χ0n) is 16.6. The van der Waals surface area contributed by atoms with Crippen LogP contribution in [0.15, 0.2) is 16.9 Å². The van der Waals surface area contributed by atoms with Gasteiger partial charge < -0.3 is 24.2 Å². The van der Waals surface area contributed by atoms with Gasteiger partial charge in [0.05, 0.1) is 12.6 Å². The van der Waals surface area contributed by atoms with E-state index >= 15 is 0 Å². The molecule has 2 heterocycles. The maximum Gasteiger partial charge on any atom is 0.225 e. The van der Waals surface area contributed by atoms with Gasteiger partial charge in [-0.15, -0.1) is 0 Å². The van der Waals surface area contributed by atoms with E-state index in [4.69, 9.17) is 14.0 Å². The second-order valence-corrected chi connectivity index (χ2v) is 7.76. The number of hydrogen-bond acceptors (Lipinski definition) is 6. The van der Waals surface area contributed by atoms with Gasteiger partial charge in [0, 0.05) is 50.9 Å². The highest BCUT2D eigenvalue weighted by atomic mass is 16.5. The molecular weight excluding hydrogens is 346 g/mol. The van der Waals surface area contributed by atoms with E-state index in [2.05, 4.69) is 17.4 Å². The smallest absolute Gasteiger partial charge is 0.225 e. The number of hydrogen-bond donors (Lipinski definition) is 1. The van der Waals surface area contributed by atoms with E-state index in [1.807, 2.05) is 7.05 Å². The molecule has 1 N–H and O–H groups in total. The third kappa shape index (κ3) is 5.77. The number of nitrogens with zero attached hydrogens (tertiary/aromatic N) is 2. The lowest BCUT2D eigenvalue weighted by atomic mass is 9.82. The summed E-state index contributed by atoms with van der Waals surface area (Å²) in [5, 5.41) is 7.69.